The van der Waals surface area contributed by atoms with Crippen LogP contribution in [0.2, 0.25) is 0 Å². The number of amides is 1. The predicted molar refractivity (Wildman–Crippen MR) is 128 cm³/mol. The van der Waals surface area contributed by atoms with Crippen LogP contribution in [0.1, 0.15) is 42.5 Å². The molecule has 2 aromatic carbocycles. The molecule has 2 N–H and O–H groups in total. The number of anilines is 1. The number of nitrogens with one attached hydrogen (secondary N) is 2. The number of carbonyl (C=O) groups excluding carboxylic acids is 1. The van der Waals surface area contributed by atoms with Gasteiger partial charge in [0.1, 0.15) is 0 Å². The lowest BCUT2D eigenvalue weighted by Gasteiger charge is -2.22. The van der Waals surface area contributed by atoms with Crippen molar-refractivity contribution in [2.24, 2.45) is 0 Å². The Morgan fingerprint density at radius 2 is 1.79 bits per heavy atom. The van der Waals surface area contributed by atoms with Crippen molar-refractivity contribution in [1.29, 1.82) is 0 Å². The second-order valence-corrected chi connectivity index (χ2v) is 10.6. The highest BCUT2D eigenvalue weighted by Gasteiger charge is 2.25. The normalized spacial score (nSPS) is 18.1. The average molecular weight is 468 g/mol. The van der Waals surface area contributed by atoms with Gasteiger partial charge in [-0.25, -0.2) is 18.1 Å². The van der Waals surface area contributed by atoms with Crippen molar-refractivity contribution in [2.75, 3.05) is 31.1 Å². The molecule has 1 aliphatic heterocycles. The number of aromatic amines is 1. The van der Waals surface area contributed by atoms with Gasteiger partial charge in [0.15, 0.2) is 0 Å². The van der Waals surface area contributed by atoms with Crippen molar-refractivity contribution in [2.45, 2.75) is 43.0 Å². The van der Waals surface area contributed by atoms with E-state index in [1.54, 1.807) is 23.1 Å². The van der Waals surface area contributed by atoms with Crippen LogP contribution in [-0.4, -0.2) is 61.4 Å². The molecule has 8 nitrogen and oxygen atoms in total. The van der Waals surface area contributed by atoms with E-state index in [4.69, 9.17) is 0 Å². The number of fused-ring (bicyclic) bond motifs is 1. The molecule has 9 heteroatoms. The fourth-order valence-corrected chi connectivity index (χ4v) is 6.08. The van der Waals surface area contributed by atoms with E-state index in [1.165, 1.54) is 6.07 Å². The van der Waals surface area contributed by atoms with E-state index in [1.807, 2.05) is 24.3 Å². The van der Waals surface area contributed by atoms with Crippen LogP contribution >= 0.6 is 0 Å². The first kappa shape index (κ1) is 21.9. The molecule has 2 aliphatic rings. The molecule has 0 spiro atoms. The quantitative estimate of drug-likeness (QED) is 0.601. The monoisotopic (exact) mass is 467 g/mol. The first-order valence-electron chi connectivity index (χ1n) is 11.6. The van der Waals surface area contributed by atoms with Gasteiger partial charge in [0.05, 0.1) is 15.9 Å². The number of nitrogens with zero attached hydrogens (tertiary/aromatic N) is 3. The Balaban J connectivity index is 1.28. The zero-order valence-corrected chi connectivity index (χ0v) is 19.4. The summed E-state index contributed by atoms with van der Waals surface area (Å²) in [6.07, 6.45) is 4.64. The van der Waals surface area contributed by atoms with Gasteiger partial charge >= 0.3 is 0 Å². The summed E-state index contributed by atoms with van der Waals surface area (Å²) in [4.78, 5) is 25.4. The smallest absolute Gasteiger partial charge is 0.253 e. The molecule has 0 atom stereocenters. The Bertz CT molecular complexity index is 1220. The summed E-state index contributed by atoms with van der Waals surface area (Å²) in [5.74, 6) is 0.677. The minimum Gasteiger partial charge on any atom is -0.341 e. The molecule has 1 saturated heterocycles. The van der Waals surface area contributed by atoms with Crippen LogP contribution in [0.4, 0.5) is 5.95 Å². The Hall–Kier alpha value is -2.91. The maximum atomic E-state index is 13.2. The second-order valence-electron chi connectivity index (χ2n) is 8.84. The molecule has 0 unspecified atom stereocenters. The van der Waals surface area contributed by atoms with Gasteiger partial charge < -0.3 is 14.8 Å². The van der Waals surface area contributed by atoms with E-state index >= 15 is 0 Å². The first-order valence-corrected chi connectivity index (χ1v) is 13.1. The Morgan fingerprint density at radius 1 is 0.970 bits per heavy atom. The van der Waals surface area contributed by atoms with E-state index < -0.39 is 10.0 Å². The minimum absolute atomic E-state index is 0.0100. The summed E-state index contributed by atoms with van der Waals surface area (Å²) in [6, 6.07) is 14.3. The largest absolute Gasteiger partial charge is 0.341 e. The first-order chi connectivity index (χ1) is 16.0. The van der Waals surface area contributed by atoms with Crippen LogP contribution < -0.4 is 9.62 Å². The van der Waals surface area contributed by atoms with E-state index in [0.717, 1.165) is 55.6 Å². The van der Waals surface area contributed by atoms with Gasteiger partial charge in [-0.05, 0) is 49.6 Å². The maximum absolute atomic E-state index is 13.2. The third-order valence-electron chi connectivity index (χ3n) is 6.53. The molecule has 1 aliphatic carbocycles. The van der Waals surface area contributed by atoms with Crippen molar-refractivity contribution in [1.82, 2.24) is 19.6 Å². The molecule has 33 heavy (non-hydrogen) atoms. The van der Waals surface area contributed by atoms with Crippen LogP contribution in [0.25, 0.3) is 11.0 Å². The van der Waals surface area contributed by atoms with Crippen LogP contribution in [0.15, 0.2) is 53.4 Å². The zero-order chi connectivity index (χ0) is 22.8. The van der Waals surface area contributed by atoms with Crippen LogP contribution in [-0.2, 0) is 10.0 Å². The summed E-state index contributed by atoms with van der Waals surface area (Å²) in [5.41, 5.74) is 2.32. The molecule has 1 amide bonds. The number of hydrogen-bond acceptors (Lipinski definition) is 5. The SMILES string of the molecule is O=C(c1cccc(S(=O)(=O)NC2CCCC2)c1)N1CCCN(c2nc3ccccc3[nH]2)CC1. The molecule has 0 bridgehead atoms. The molecular weight excluding hydrogens is 438 g/mol. The van der Waals surface area contributed by atoms with Crippen molar-refractivity contribution in [3.05, 3.63) is 54.1 Å². The molecule has 1 aromatic heterocycles. The highest BCUT2D eigenvalue weighted by Crippen LogP contribution is 2.22. The fourth-order valence-electron chi connectivity index (χ4n) is 4.73. The van der Waals surface area contributed by atoms with Gasteiger partial charge in [-0.1, -0.05) is 31.0 Å². The maximum Gasteiger partial charge on any atom is 0.253 e. The number of H-pyrrole nitrogens is 1. The minimum atomic E-state index is -3.64. The number of rotatable bonds is 5. The van der Waals surface area contributed by atoms with Crippen molar-refractivity contribution < 1.29 is 13.2 Å². The summed E-state index contributed by atoms with van der Waals surface area (Å²) in [7, 11) is -3.64. The molecule has 2 heterocycles. The Kier molecular flexibility index (Phi) is 6.07. The van der Waals surface area contributed by atoms with Crippen LogP contribution in [0, 0.1) is 0 Å². The summed E-state index contributed by atoms with van der Waals surface area (Å²) < 4.78 is 28.4. The lowest BCUT2D eigenvalue weighted by Crippen LogP contribution is -2.36. The molecule has 1 saturated carbocycles. The van der Waals surface area contributed by atoms with E-state index in [-0.39, 0.29) is 16.8 Å². The molecule has 3 aromatic rings. The second kappa shape index (κ2) is 9.15. The topological polar surface area (TPSA) is 98.4 Å². The molecule has 174 valence electrons. The lowest BCUT2D eigenvalue weighted by molar-refractivity contribution is 0.0766. The number of hydrogen-bond donors (Lipinski definition) is 2. The standard InChI is InChI=1S/C24H29N5O3S/c30-23(18-7-5-10-20(17-18)33(31,32)27-19-8-1-2-9-19)28-13-6-14-29(16-15-28)24-25-21-11-3-4-12-22(21)26-24/h3-5,7,10-12,17,19,27H,1-2,6,8-9,13-16H2,(H,25,26). The van der Waals surface area contributed by atoms with E-state index in [0.29, 0.717) is 25.2 Å². The van der Waals surface area contributed by atoms with Gasteiger partial charge in [-0.15, -0.1) is 0 Å². The molecular formula is C24H29N5O3S. The number of carbonyl (C=O) groups is 1. The van der Waals surface area contributed by atoms with Crippen molar-refractivity contribution in [3.8, 4) is 0 Å². The predicted octanol–water partition coefficient (Wildman–Crippen LogP) is 3.14. The number of para-hydroxylation sites is 2. The van der Waals surface area contributed by atoms with Gasteiger partial charge in [-0.2, -0.15) is 0 Å². The van der Waals surface area contributed by atoms with Crippen molar-refractivity contribution >= 4 is 32.9 Å². The van der Waals surface area contributed by atoms with Crippen molar-refractivity contribution in [3.63, 3.8) is 0 Å². The van der Waals surface area contributed by atoms with Crippen LogP contribution in [0.3, 0.4) is 0 Å². The zero-order valence-electron chi connectivity index (χ0n) is 18.5. The van der Waals surface area contributed by atoms with E-state index in [2.05, 4.69) is 19.6 Å². The van der Waals surface area contributed by atoms with Gasteiger partial charge in [0.25, 0.3) is 5.91 Å². The summed E-state index contributed by atoms with van der Waals surface area (Å²) in [5, 5.41) is 0. The molecule has 5 rings (SSSR count). The fraction of sp³-hybridized carbons (Fsp3) is 0.417. The average Bonchev–Trinajstić information content (AvgIpc) is 3.42. The van der Waals surface area contributed by atoms with Gasteiger partial charge in [0.2, 0.25) is 16.0 Å². The number of aromatic nitrogens is 2. The highest BCUT2D eigenvalue weighted by atomic mass is 32.2. The van der Waals surface area contributed by atoms with Gasteiger partial charge in [-0.3, -0.25) is 4.79 Å². The summed E-state index contributed by atoms with van der Waals surface area (Å²) in [6.45, 7) is 2.62. The lowest BCUT2D eigenvalue weighted by atomic mass is 10.2. The van der Waals surface area contributed by atoms with Gasteiger partial charge in [0, 0.05) is 37.8 Å². The highest BCUT2D eigenvalue weighted by molar-refractivity contribution is 7.89. The third kappa shape index (κ3) is 4.74. The Morgan fingerprint density at radius 3 is 2.61 bits per heavy atom. The molecule has 2 fully saturated rings. The summed E-state index contributed by atoms with van der Waals surface area (Å²) >= 11 is 0. The number of imidazole rings is 1. The van der Waals surface area contributed by atoms with Crippen LogP contribution in [0.5, 0.6) is 0 Å². The third-order valence-corrected chi connectivity index (χ3v) is 8.05. The Labute approximate surface area is 194 Å². The number of sulfonamides is 1. The molecule has 0 radical (unpaired) electrons. The number of benzene rings is 2. The van der Waals surface area contributed by atoms with E-state index in [9.17, 15) is 13.2 Å².